The van der Waals surface area contributed by atoms with E-state index in [-0.39, 0.29) is 23.1 Å². The van der Waals surface area contributed by atoms with Crippen LogP contribution in [0.15, 0.2) is 42.1 Å². The third-order valence-corrected chi connectivity index (χ3v) is 3.78. The van der Waals surface area contributed by atoms with Crippen LogP contribution in [0.5, 0.6) is 11.6 Å². The number of aromatic nitrogens is 1. The van der Waals surface area contributed by atoms with Crippen LogP contribution in [0.1, 0.15) is 49.5 Å². The Bertz CT molecular complexity index is 769. The Morgan fingerprint density at radius 2 is 1.92 bits per heavy atom. The van der Waals surface area contributed by atoms with Gasteiger partial charge in [-0.2, -0.15) is 0 Å². The van der Waals surface area contributed by atoms with Gasteiger partial charge >= 0.3 is 0 Å². The number of nitrogens with one attached hydrogen (secondary N) is 1. The largest absolute Gasteiger partial charge is 0.505 e. The fourth-order valence-corrected chi connectivity index (χ4v) is 2.47. The molecule has 5 heteroatoms. The number of para-hydroxylation sites is 1. The van der Waals surface area contributed by atoms with Gasteiger partial charge in [-0.1, -0.05) is 43.7 Å². The van der Waals surface area contributed by atoms with Crippen LogP contribution >= 0.6 is 0 Å². The number of allylic oxidation sites excluding steroid dienone is 2. The predicted molar refractivity (Wildman–Crippen MR) is 95.7 cm³/mol. The van der Waals surface area contributed by atoms with Gasteiger partial charge in [0.25, 0.3) is 5.91 Å². The molecular formula is C19H24N2O3. The molecule has 0 atom stereocenters. The zero-order chi connectivity index (χ0) is 17.9. The summed E-state index contributed by atoms with van der Waals surface area (Å²) in [5, 5.41) is 23.1. The molecule has 24 heavy (non-hydrogen) atoms. The molecule has 1 aromatic heterocycles. The maximum Gasteiger partial charge on any atom is 0.264 e. The first-order chi connectivity index (χ1) is 11.3. The molecular weight excluding hydrogens is 304 g/mol. The smallest absolute Gasteiger partial charge is 0.264 e. The molecule has 128 valence electrons. The monoisotopic (exact) mass is 328 g/mol. The minimum absolute atomic E-state index is 0.115. The minimum atomic E-state index is -0.533. The van der Waals surface area contributed by atoms with E-state index in [9.17, 15) is 15.0 Å². The second-order valence-electron chi connectivity index (χ2n) is 6.34. The van der Waals surface area contributed by atoms with Gasteiger partial charge in [0.15, 0.2) is 0 Å². The standard InChI is InChI=1S/C19H24N2O3/c1-12(2)9-10-21-11-16(22)17(19(21)24)18(23)20-15-8-6-5-7-14(15)13(3)4/h5-9,11,13,22,24H,10H2,1-4H3,(H,20,23). The highest BCUT2D eigenvalue weighted by molar-refractivity contribution is 6.08. The first kappa shape index (κ1) is 17.7. The van der Waals surface area contributed by atoms with Crippen molar-refractivity contribution in [3.63, 3.8) is 0 Å². The number of carbonyl (C=O) groups is 1. The van der Waals surface area contributed by atoms with Crippen molar-refractivity contribution in [3.8, 4) is 11.6 Å². The number of carbonyl (C=O) groups excluding carboxylic acids is 1. The number of aromatic hydroxyl groups is 2. The number of amides is 1. The molecule has 3 N–H and O–H groups in total. The van der Waals surface area contributed by atoms with E-state index in [4.69, 9.17) is 0 Å². The van der Waals surface area contributed by atoms with Gasteiger partial charge in [-0.3, -0.25) is 4.79 Å². The SMILES string of the molecule is CC(C)=CCn1cc(O)c(C(=O)Nc2ccccc2C(C)C)c1O. The Morgan fingerprint density at radius 1 is 1.25 bits per heavy atom. The first-order valence-electron chi connectivity index (χ1n) is 7.96. The summed E-state index contributed by atoms with van der Waals surface area (Å²) in [6, 6.07) is 7.50. The Hall–Kier alpha value is -2.69. The summed E-state index contributed by atoms with van der Waals surface area (Å²) in [6.45, 7) is 8.34. The number of nitrogens with zero attached hydrogens (tertiary/aromatic N) is 1. The average Bonchev–Trinajstić information content (AvgIpc) is 2.79. The van der Waals surface area contributed by atoms with E-state index >= 15 is 0 Å². The molecule has 0 aliphatic rings. The lowest BCUT2D eigenvalue weighted by Gasteiger charge is -2.13. The summed E-state index contributed by atoms with van der Waals surface area (Å²) in [6.07, 6.45) is 3.26. The summed E-state index contributed by atoms with van der Waals surface area (Å²) in [5.41, 5.74) is 2.64. The average molecular weight is 328 g/mol. The van der Waals surface area contributed by atoms with Crippen LogP contribution in [-0.2, 0) is 6.54 Å². The van der Waals surface area contributed by atoms with Gasteiger partial charge in [0.1, 0.15) is 11.3 Å². The van der Waals surface area contributed by atoms with Gasteiger partial charge in [0, 0.05) is 12.2 Å². The summed E-state index contributed by atoms with van der Waals surface area (Å²) in [7, 11) is 0. The van der Waals surface area contributed by atoms with Crippen LogP contribution < -0.4 is 5.32 Å². The quantitative estimate of drug-likeness (QED) is 0.719. The number of hydrogen-bond acceptors (Lipinski definition) is 3. The molecule has 2 aromatic rings. The zero-order valence-electron chi connectivity index (χ0n) is 14.5. The molecule has 2 rings (SSSR count). The highest BCUT2D eigenvalue weighted by Gasteiger charge is 2.22. The van der Waals surface area contributed by atoms with Crippen molar-refractivity contribution in [2.45, 2.75) is 40.2 Å². The second kappa shape index (κ2) is 7.25. The van der Waals surface area contributed by atoms with E-state index < -0.39 is 5.91 Å². The second-order valence-corrected chi connectivity index (χ2v) is 6.34. The van der Waals surface area contributed by atoms with Gasteiger partial charge in [-0.15, -0.1) is 0 Å². The molecule has 0 aliphatic heterocycles. The molecule has 0 aliphatic carbocycles. The fraction of sp³-hybridized carbons (Fsp3) is 0.316. The van der Waals surface area contributed by atoms with E-state index in [1.807, 2.05) is 58.0 Å². The van der Waals surface area contributed by atoms with Crippen molar-refractivity contribution in [1.29, 1.82) is 0 Å². The first-order valence-corrected chi connectivity index (χ1v) is 7.96. The van der Waals surface area contributed by atoms with Gasteiger partial charge in [0.2, 0.25) is 5.88 Å². The van der Waals surface area contributed by atoms with Crippen LogP contribution in [0.2, 0.25) is 0 Å². The van der Waals surface area contributed by atoms with Crippen LogP contribution in [0.4, 0.5) is 5.69 Å². The predicted octanol–water partition coefficient (Wildman–Crippen LogP) is 4.24. The number of hydrogen-bond donors (Lipinski definition) is 3. The summed E-state index contributed by atoms with van der Waals surface area (Å²) < 4.78 is 1.44. The lowest BCUT2D eigenvalue weighted by atomic mass is 10.0. The van der Waals surface area contributed by atoms with Crippen molar-refractivity contribution in [2.24, 2.45) is 0 Å². The number of benzene rings is 1. The molecule has 5 nitrogen and oxygen atoms in total. The molecule has 0 unspecified atom stereocenters. The van der Waals surface area contributed by atoms with E-state index in [0.29, 0.717) is 12.2 Å². The van der Waals surface area contributed by atoms with Gasteiger partial charge in [-0.05, 0) is 31.4 Å². The fourth-order valence-electron chi connectivity index (χ4n) is 2.47. The van der Waals surface area contributed by atoms with E-state index in [2.05, 4.69) is 5.32 Å². The molecule has 0 saturated carbocycles. The van der Waals surface area contributed by atoms with Crippen LogP contribution in [0.25, 0.3) is 0 Å². The molecule has 0 saturated heterocycles. The van der Waals surface area contributed by atoms with Gasteiger partial charge < -0.3 is 20.1 Å². The summed E-state index contributed by atoms with van der Waals surface area (Å²) in [5.74, 6) is -0.779. The van der Waals surface area contributed by atoms with E-state index in [0.717, 1.165) is 11.1 Å². The maximum atomic E-state index is 12.5. The van der Waals surface area contributed by atoms with Gasteiger partial charge in [-0.25, -0.2) is 0 Å². The lowest BCUT2D eigenvalue weighted by molar-refractivity contribution is 0.102. The van der Waals surface area contributed by atoms with Crippen molar-refractivity contribution >= 4 is 11.6 Å². The van der Waals surface area contributed by atoms with Crippen LogP contribution in [0.3, 0.4) is 0 Å². The number of anilines is 1. The molecule has 0 spiro atoms. The Kier molecular flexibility index (Phi) is 5.34. The van der Waals surface area contributed by atoms with E-state index in [1.54, 1.807) is 0 Å². The van der Waals surface area contributed by atoms with Crippen molar-refractivity contribution in [1.82, 2.24) is 4.57 Å². The number of rotatable bonds is 5. The molecule has 0 radical (unpaired) electrons. The normalized spacial score (nSPS) is 10.7. The summed E-state index contributed by atoms with van der Waals surface area (Å²) >= 11 is 0. The third-order valence-electron chi connectivity index (χ3n) is 3.78. The third kappa shape index (κ3) is 3.79. The van der Waals surface area contributed by atoms with Gasteiger partial charge in [0.05, 0.1) is 6.20 Å². The van der Waals surface area contributed by atoms with Crippen LogP contribution in [0, 0.1) is 0 Å². The molecule has 1 amide bonds. The molecule has 0 fully saturated rings. The molecule has 0 bridgehead atoms. The topological polar surface area (TPSA) is 74.5 Å². The Labute approximate surface area is 142 Å². The minimum Gasteiger partial charge on any atom is -0.505 e. The maximum absolute atomic E-state index is 12.5. The highest BCUT2D eigenvalue weighted by atomic mass is 16.3. The van der Waals surface area contributed by atoms with Crippen molar-refractivity contribution < 1.29 is 15.0 Å². The van der Waals surface area contributed by atoms with Crippen molar-refractivity contribution in [2.75, 3.05) is 5.32 Å². The molecule has 1 aromatic carbocycles. The Morgan fingerprint density at radius 3 is 2.54 bits per heavy atom. The van der Waals surface area contributed by atoms with E-state index in [1.165, 1.54) is 10.8 Å². The van der Waals surface area contributed by atoms with Crippen LogP contribution in [-0.4, -0.2) is 20.7 Å². The zero-order valence-corrected chi connectivity index (χ0v) is 14.5. The summed E-state index contributed by atoms with van der Waals surface area (Å²) in [4.78, 5) is 12.5. The van der Waals surface area contributed by atoms with Crippen molar-refractivity contribution in [3.05, 3.63) is 53.2 Å². The lowest BCUT2D eigenvalue weighted by Crippen LogP contribution is -2.13. The highest BCUT2D eigenvalue weighted by Crippen LogP contribution is 2.31. The Balaban J connectivity index is 2.30. The molecule has 1 heterocycles.